The van der Waals surface area contributed by atoms with Crippen LogP contribution in [0.15, 0.2) is 42.7 Å². The van der Waals surface area contributed by atoms with Gasteiger partial charge in [0.05, 0.1) is 28.6 Å². The molecule has 8 rings (SSSR count). The number of carbonyl (C=O) groups excluding carboxylic acids is 2. The van der Waals surface area contributed by atoms with E-state index in [0.717, 1.165) is 48.8 Å². The van der Waals surface area contributed by atoms with Crippen molar-refractivity contribution < 1.29 is 23.5 Å². The predicted octanol–water partition coefficient (Wildman–Crippen LogP) is 5.70. The number of aliphatic hydroxyl groups is 1. The van der Waals surface area contributed by atoms with Crippen LogP contribution in [0.1, 0.15) is 77.3 Å². The number of piperidine rings is 2. The molecule has 0 unspecified atom stereocenters. The minimum absolute atomic E-state index is 0.0137. The van der Waals surface area contributed by atoms with E-state index in [0.29, 0.717) is 54.5 Å². The molecule has 1 aliphatic carbocycles. The van der Waals surface area contributed by atoms with E-state index in [1.807, 2.05) is 47.6 Å². The Labute approximate surface area is 295 Å². The normalized spacial score (nSPS) is 22.5. The molecule has 3 aliphatic heterocycles. The first-order valence-corrected chi connectivity index (χ1v) is 18.2. The molecule has 4 aromatic rings. The Morgan fingerprint density at radius 1 is 0.961 bits per heavy atom. The van der Waals surface area contributed by atoms with Gasteiger partial charge in [0.1, 0.15) is 11.6 Å². The summed E-state index contributed by atoms with van der Waals surface area (Å²) in [6.45, 7) is 8.52. The van der Waals surface area contributed by atoms with Crippen LogP contribution in [-0.2, 0) is 15.0 Å². The number of anilines is 3. The van der Waals surface area contributed by atoms with Crippen LogP contribution in [0.3, 0.4) is 0 Å². The van der Waals surface area contributed by atoms with Crippen LogP contribution >= 0.6 is 0 Å². The Bertz CT molecular complexity index is 1990. The van der Waals surface area contributed by atoms with Crippen LogP contribution in [0.4, 0.5) is 26.0 Å². The number of hydrogen-bond donors (Lipinski definition) is 2. The van der Waals surface area contributed by atoms with Crippen molar-refractivity contribution in [1.29, 1.82) is 0 Å². The molecular weight excluding hydrogens is 654 g/mol. The van der Waals surface area contributed by atoms with E-state index in [-0.39, 0.29) is 29.6 Å². The molecule has 2 N–H and O–H groups in total. The van der Waals surface area contributed by atoms with Gasteiger partial charge in [0.25, 0.3) is 5.91 Å². The third-order valence-corrected chi connectivity index (χ3v) is 11.5. The van der Waals surface area contributed by atoms with E-state index >= 15 is 0 Å². The van der Waals surface area contributed by atoms with Crippen LogP contribution in [0, 0.1) is 11.9 Å². The number of rotatable bonds is 7. The molecule has 268 valence electrons. The fourth-order valence-corrected chi connectivity index (χ4v) is 8.64. The molecule has 4 aliphatic rings. The fraction of sp³-hybridized carbons (Fsp3) is 0.500. The number of imidazole rings is 1. The maximum absolute atomic E-state index is 14.8. The molecule has 1 saturated carbocycles. The molecule has 1 atom stereocenters. The van der Waals surface area contributed by atoms with Gasteiger partial charge in [-0.3, -0.25) is 9.59 Å². The lowest BCUT2D eigenvalue weighted by Gasteiger charge is -2.48. The number of amides is 2. The SMILES string of the molecule is CC(C)n1cnc2cc(-c3ccc4c(c3)N([C@H]3C[C@@H](N5CCCCC5)C3)C(=O)C43CCN(C(=O)[C@@H](C)O)CC3)nc(Nc3ccc(F)nc3F)c21. The largest absolute Gasteiger partial charge is 0.384 e. The summed E-state index contributed by atoms with van der Waals surface area (Å²) in [6.07, 6.45) is 7.15. The number of aliphatic hydroxyl groups excluding tert-OH is 1. The van der Waals surface area contributed by atoms with Crippen molar-refractivity contribution in [2.75, 3.05) is 36.4 Å². The first-order valence-electron chi connectivity index (χ1n) is 18.2. The monoisotopic (exact) mass is 698 g/mol. The minimum Gasteiger partial charge on any atom is -0.384 e. The number of hydrogen-bond acceptors (Lipinski definition) is 8. The van der Waals surface area contributed by atoms with Gasteiger partial charge in [0.15, 0.2) is 5.82 Å². The number of carbonyl (C=O) groups is 2. The maximum atomic E-state index is 14.8. The summed E-state index contributed by atoms with van der Waals surface area (Å²) in [5, 5.41) is 13.0. The predicted molar refractivity (Wildman–Crippen MR) is 190 cm³/mol. The number of benzene rings is 1. The van der Waals surface area contributed by atoms with Gasteiger partial charge in [-0.2, -0.15) is 13.8 Å². The van der Waals surface area contributed by atoms with E-state index in [1.165, 1.54) is 32.3 Å². The van der Waals surface area contributed by atoms with Gasteiger partial charge >= 0.3 is 0 Å². The Balaban J connectivity index is 1.18. The van der Waals surface area contributed by atoms with Gasteiger partial charge in [-0.1, -0.05) is 18.6 Å². The Hall–Kier alpha value is -4.49. The average molecular weight is 699 g/mol. The van der Waals surface area contributed by atoms with Gasteiger partial charge in [-0.15, -0.1) is 0 Å². The van der Waals surface area contributed by atoms with Crippen LogP contribution in [0.25, 0.3) is 22.3 Å². The minimum atomic E-state index is -1.08. The van der Waals surface area contributed by atoms with Crippen molar-refractivity contribution in [3.63, 3.8) is 0 Å². The standard InChI is InChI=1S/C38H44F2N8O3/c1-22(2)47-21-41-30-20-29(43-35(33(30)47)42-28-9-10-32(39)44-34(28)40)24-7-8-27-31(17-24)48(26-18-25(19-26)45-13-5-4-6-14-45)37(51)38(27)11-15-46(16-12-38)36(50)23(3)49/h7-10,17,20-23,25-26,49H,4-6,11-16,18-19H2,1-3H3,(H,42,43)/t23-,25-,26+/m1/s1. The van der Waals surface area contributed by atoms with Crippen molar-refractivity contribution in [3.8, 4) is 11.3 Å². The van der Waals surface area contributed by atoms with Gasteiger partial charge in [0, 0.05) is 42.5 Å². The Morgan fingerprint density at radius 3 is 2.39 bits per heavy atom. The highest BCUT2D eigenvalue weighted by Gasteiger charge is 2.56. The third-order valence-electron chi connectivity index (χ3n) is 11.5. The lowest BCUT2D eigenvalue weighted by atomic mass is 9.73. The topological polar surface area (TPSA) is 120 Å². The first kappa shape index (κ1) is 33.6. The molecule has 0 radical (unpaired) electrons. The number of halogens is 2. The third kappa shape index (κ3) is 5.74. The molecule has 13 heteroatoms. The Kier molecular flexibility index (Phi) is 8.53. The summed E-state index contributed by atoms with van der Waals surface area (Å²) in [5.41, 5.74) is 3.74. The molecule has 0 bridgehead atoms. The number of aromatic nitrogens is 4. The van der Waals surface area contributed by atoms with Gasteiger partial charge < -0.3 is 29.7 Å². The number of likely N-dealkylation sites (tertiary alicyclic amines) is 2. The summed E-state index contributed by atoms with van der Waals surface area (Å²) in [6, 6.07) is 10.9. The maximum Gasteiger partial charge on any atom is 0.251 e. The highest BCUT2D eigenvalue weighted by molar-refractivity contribution is 6.09. The molecule has 3 fully saturated rings. The van der Waals surface area contributed by atoms with Gasteiger partial charge in [0.2, 0.25) is 17.8 Å². The highest BCUT2D eigenvalue weighted by atomic mass is 19.1. The molecule has 2 saturated heterocycles. The van der Waals surface area contributed by atoms with Crippen molar-refractivity contribution in [2.45, 2.75) is 95.4 Å². The van der Waals surface area contributed by atoms with E-state index in [2.05, 4.69) is 20.2 Å². The number of fused-ring (bicyclic) bond motifs is 3. The second-order valence-corrected chi connectivity index (χ2v) is 14.9. The summed E-state index contributed by atoms with van der Waals surface area (Å²) < 4.78 is 30.4. The van der Waals surface area contributed by atoms with E-state index in [1.54, 1.807) is 11.2 Å². The quantitative estimate of drug-likeness (QED) is 0.236. The number of nitrogens with zero attached hydrogens (tertiary/aromatic N) is 7. The van der Waals surface area contributed by atoms with Crippen LogP contribution in [-0.4, -0.2) is 90.6 Å². The van der Waals surface area contributed by atoms with Crippen molar-refractivity contribution in [1.82, 2.24) is 29.3 Å². The first-order chi connectivity index (χ1) is 24.5. The zero-order chi connectivity index (χ0) is 35.6. The van der Waals surface area contributed by atoms with Crippen molar-refractivity contribution >= 4 is 40.0 Å². The number of pyridine rings is 2. The molecule has 2 amide bonds. The Morgan fingerprint density at radius 2 is 1.71 bits per heavy atom. The molecule has 6 heterocycles. The van der Waals surface area contributed by atoms with Crippen LogP contribution in [0.2, 0.25) is 0 Å². The summed E-state index contributed by atoms with van der Waals surface area (Å²) in [7, 11) is 0. The zero-order valence-corrected chi connectivity index (χ0v) is 29.3. The van der Waals surface area contributed by atoms with Gasteiger partial charge in [-0.25, -0.2) is 9.97 Å². The summed E-state index contributed by atoms with van der Waals surface area (Å²) in [4.78, 5) is 46.6. The lowest BCUT2D eigenvalue weighted by Crippen LogP contribution is -2.58. The highest BCUT2D eigenvalue weighted by Crippen LogP contribution is 2.52. The summed E-state index contributed by atoms with van der Waals surface area (Å²) >= 11 is 0. The van der Waals surface area contributed by atoms with Gasteiger partial charge in [-0.05, 0) is 102 Å². The molecule has 1 spiro atoms. The van der Waals surface area contributed by atoms with Crippen LogP contribution < -0.4 is 10.2 Å². The molecule has 3 aromatic heterocycles. The van der Waals surface area contributed by atoms with Crippen molar-refractivity contribution in [3.05, 3.63) is 60.2 Å². The lowest BCUT2D eigenvalue weighted by molar-refractivity contribution is -0.142. The number of nitrogens with one attached hydrogen (secondary N) is 1. The van der Waals surface area contributed by atoms with E-state index in [4.69, 9.17) is 4.98 Å². The molecule has 1 aromatic carbocycles. The molecule has 51 heavy (non-hydrogen) atoms. The zero-order valence-electron chi connectivity index (χ0n) is 29.3. The second kappa shape index (κ2) is 12.9. The second-order valence-electron chi connectivity index (χ2n) is 14.9. The summed E-state index contributed by atoms with van der Waals surface area (Å²) in [5.74, 6) is -1.77. The average Bonchev–Trinajstić information content (AvgIpc) is 3.64. The molecular formula is C38H44F2N8O3. The van der Waals surface area contributed by atoms with E-state index < -0.39 is 23.4 Å². The fourth-order valence-electron chi connectivity index (χ4n) is 8.64. The molecule has 11 nitrogen and oxygen atoms in total. The van der Waals surface area contributed by atoms with E-state index in [9.17, 15) is 23.5 Å². The smallest absolute Gasteiger partial charge is 0.251 e. The van der Waals surface area contributed by atoms with Crippen LogP contribution in [0.5, 0.6) is 0 Å². The van der Waals surface area contributed by atoms with Crippen molar-refractivity contribution in [2.24, 2.45) is 0 Å².